The van der Waals surface area contributed by atoms with Crippen LogP contribution < -0.4 is 9.64 Å². The van der Waals surface area contributed by atoms with Gasteiger partial charge in [0.15, 0.2) is 6.61 Å². The van der Waals surface area contributed by atoms with Gasteiger partial charge in [-0.2, -0.15) is 0 Å². The number of hydrogen-bond acceptors (Lipinski definition) is 5. The Hall–Kier alpha value is -2.93. The molecule has 7 heteroatoms. The van der Waals surface area contributed by atoms with Crippen molar-refractivity contribution in [2.24, 2.45) is 0 Å². The first-order valence-corrected chi connectivity index (χ1v) is 10.4. The maximum Gasteiger partial charge on any atom is 0.267 e. The molecule has 4 rings (SSSR count). The van der Waals surface area contributed by atoms with Crippen LogP contribution in [0.2, 0.25) is 0 Å². The van der Waals surface area contributed by atoms with Crippen LogP contribution in [-0.2, 0) is 4.79 Å². The second-order valence-corrected chi connectivity index (χ2v) is 7.62. The Labute approximate surface area is 175 Å². The molecule has 0 atom stereocenters. The lowest BCUT2D eigenvalue weighted by molar-refractivity contribution is -0.130. The Bertz CT molecular complexity index is 912. The lowest BCUT2D eigenvalue weighted by Gasteiger charge is -2.36. The quantitative estimate of drug-likeness (QED) is 0.541. The maximum absolute atomic E-state index is 14.0. The SMILES string of the molecule is O=C1COc2ccccc2C(=O)N1CCCCN1CCN(c2ccccc2F)CC1. The first-order chi connectivity index (χ1) is 14.6. The van der Waals surface area contributed by atoms with E-state index < -0.39 is 0 Å². The number of ether oxygens (including phenoxy) is 1. The second kappa shape index (κ2) is 9.26. The van der Waals surface area contributed by atoms with Gasteiger partial charge in [0.05, 0.1) is 11.3 Å². The molecule has 30 heavy (non-hydrogen) atoms. The van der Waals surface area contributed by atoms with Crippen LogP contribution in [0, 0.1) is 5.82 Å². The average Bonchev–Trinajstić information content (AvgIpc) is 2.89. The molecular weight excluding hydrogens is 385 g/mol. The lowest BCUT2D eigenvalue weighted by atomic mass is 10.1. The van der Waals surface area contributed by atoms with Crippen LogP contribution in [0.25, 0.3) is 0 Å². The Balaban J connectivity index is 1.23. The number of para-hydroxylation sites is 2. The van der Waals surface area contributed by atoms with E-state index in [9.17, 15) is 14.0 Å². The van der Waals surface area contributed by atoms with Crippen LogP contribution >= 0.6 is 0 Å². The van der Waals surface area contributed by atoms with Gasteiger partial charge in [0.2, 0.25) is 0 Å². The third-order valence-electron chi connectivity index (χ3n) is 5.69. The topological polar surface area (TPSA) is 53.1 Å². The van der Waals surface area contributed by atoms with Gasteiger partial charge in [0.25, 0.3) is 11.8 Å². The average molecular weight is 411 g/mol. The number of unbranched alkanes of at least 4 members (excludes halogenated alkanes) is 1. The van der Waals surface area contributed by atoms with Crippen molar-refractivity contribution in [2.75, 3.05) is 50.8 Å². The molecule has 2 aromatic rings. The predicted molar refractivity (Wildman–Crippen MR) is 112 cm³/mol. The molecule has 2 aromatic carbocycles. The number of fused-ring (bicyclic) bond motifs is 1. The molecule has 2 heterocycles. The van der Waals surface area contributed by atoms with E-state index in [-0.39, 0.29) is 24.2 Å². The first kappa shape index (κ1) is 20.3. The summed E-state index contributed by atoms with van der Waals surface area (Å²) in [7, 11) is 0. The van der Waals surface area contributed by atoms with E-state index in [1.54, 1.807) is 30.3 Å². The van der Waals surface area contributed by atoms with Gasteiger partial charge in [0, 0.05) is 32.7 Å². The van der Waals surface area contributed by atoms with Gasteiger partial charge in [-0.15, -0.1) is 0 Å². The second-order valence-electron chi connectivity index (χ2n) is 7.62. The molecular formula is C23H26FN3O3. The predicted octanol–water partition coefficient (Wildman–Crippen LogP) is 2.79. The summed E-state index contributed by atoms with van der Waals surface area (Å²) in [6, 6.07) is 13.9. The number of benzene rings is 2. The molecule has 2 aliphatic rings. The number of amides is 2. The number of carbonyl (C=O) groups is 2. The van der Waals surface area contributed by atoms with Crippen LogP contribution in [-0.4, -0.2) is 67.5 Å². The minimum atomic E-state index is -0.297. The number of hydrogen-bond donors (Lipinski definition) is 0. The van der Waals surface area contributed by atoms with Gasteiger partial charge in [-0.3, -0.25) is 19.4 Å². The van der Waals surface area contributed by atoms with Crippen LogP contribution in [0.4, 0.5) is 10.1 Å². The molecule has 0 unspecified atom stereocenters. The summed E-state index contributed by atoms with van der Waals surface area (Å²) in [4.78, 5) is 30.8. The number of imide groups is 1. The number of carbonyl (C=O) groups excluding carboxylic acids is 2. The van der Waals surface area contributed by atoms with Gasteiger partial charge >= 0.3 is 0 Å². The van der Waals surface area contributed by atoms with E-state index in [4.69, 9.17) is 4.74 Å². The molecule has 0 aromatic heterocycles. The minimum absolute atomic E-state index is 0.110. The van der Waals surface area contributed by atoms with Crippen molar-refractivity contribution in [1.29, 1.82) is 0 Å². The molecule has 2 amide bonds. The van der Waals surface area contributed by atoms with Crippen molar-refractivity contribution in [3.05, 3.63) is 59.9 Å². The fourth-order valence-electron chi connectivity index (χ4n) is 4.00. The molecule has 0 N–H and O–H groups in total. The van der Waals surface area contributed by atoms with Gasteiger partial charge in [-0.25, -0.2) is 4.39 Å². The highest BCUT2D eigenvalue weighted by atomic mass is 19.1. The Morgan fingerprint density at radius 2 is 1.57 bits per heavy atom. The van der Waals surface area contributed by atoms with Gasteiger partial charge in [-0.05, 0) is 43.7 Å². The molecule has 0 saturated carbocycles. The molecule has 6 nitrogen and oxygen atoms in total. The summed E-state index contributed by atoms with van der Waals surface area (Å²) in [5.41, 5.74) is 1.10. The van der Waals surface area contributed by atoms with Crippen molar-refractivity contribution in [3.63, 3.8) is 0 Å². The van der Waals surface area contributed by atoms with Crippen molar-refractivity contribution in [3.8, 4) is 5.75 Å². The minimum Gasteiger partial charge on any atom is -0.483 e. The Morgan fingerprint density at radius 1 is 0.867 bits per heavy atom. The van der Waals surface area contributed by atoms with Crippen LogP contribution in [0.15, 0.2) is 48.5 Å². The highest BCUT2D eigenvalue weighted by Gasteiger charge is 2.29. The third-order valence-corrected chi connectivity index (χ3v) is 5.69. The van der Waals surface area contributed by atoms with E-state index in [0.29, 0.717) is 23.5 Å². The summed E-state index contributed by atoms with van der Waals surface area (Å²) in [5, 5.41) is 0. The maximum atomic E-state index is 14.0. The van der Waals surface area contributed by atoms with E-state index in [0.717, 1.165) is 45.6 Å². The van der Waals surface area contributed by atoms with Crippen LogP contribution in [0.3, 0.4) is 0 Å². The summed E-state index contributed by atoms with van der Waals surface area (Å²) in [6.45, 7) is 4.50. The van der Waals surface area contributed by atoms with E-state index >= 15 is 0 Å². The monoisotopic (exact) mass is 411 g/mol. The fraction of sp³-hybridized carbons (Fsp3) is 0.391. The zero-order valence-corrected chi connectivity index (χ0v) is 16.9. The number of piperazine rings is 1. The Morgan fingerprint density at radius 3 is 2.37 bits per heavy atom. The fourth-order valence-corrected chi connectivity index (χ4v) is 4.00. The number of rotatable bonds is 6. The first-order valence-electron chi connectivity index (χ1n) is 10.4. The van der Waals surface area contributed by atoms with Gasteiger partial charge in [0.1, 0.15) is 11.6 Å². The molecule has 158 valence electrons. The van der Waals surface area contributed by atoms with Crippen molar-refractivity contribution in [1.82, 2.24) is 9.80 Å². The van der Waals surface area contributed by atoms with E-state index in [1.165, 1.54) is 11.0 Å². The summed E-state index contributed by atoms with van der Waals surface area (Å²) in [5.74, 6) is -0.296. The Kier molecular flexibility index (Phi) is 6.28. The van der Waals surface area contributed by atoms with Crippen molar-refractivity contribution in [2.45, 2.75) is 12.8 Å². The van der Waals surface area contributed by atoms with Crippen molar-refractivity contribution >= 4 is 17.5 Å². The van der Waals surface area contributed by atoms with Crippen LogP contribution in [0.1, 0.15) is 23.2 Å². The third kappa shape index (κ3) is 4.46. The zero-order valence-electron chi connectivity index (χ0n) is 16.9. The summed E-state index contributed by atoms with van der Waals surface area (Å²) < 4.78 is 19.4. The normalized spacial score (nSPS) is 17.5. The summed E-state index contributed by atoms with van der Waals surface area (Å²) >= 11 is 0. The molecule has 0 spiro atoms. The van der Waals surface area contributed by atoms with E-state index in [1.807, 2.05) is 12.1 Å². The number of halogens is 1. The van der Waals surface area contributed by atoms with Gasteiger partial charge < -0.3 is 9.64 Å². The molecule has 0 radical (unpaired) electrons. The molecule has 1 saturated heterocycles. The molecule has 1 fully saturated rings. The summed E-state index contributed by atoms with van der Waals surface area (Å²) in [6.07, 6.45) is 1.63. The molecule has 2 aliphatic heterocycles. The number of nitrogens with zero attached hydrogens (tertiary/aromatic N) is 3. The van der Waals surface area contributed by atoms with E-state index in [2.05, 4.69) is 9.80 Å². The zero-order chi connectivity index (χ0) is 20.9. The standard InChI is InChI=1S/C23H26FN3O3/c24-19-8-2-3-9-20(19)26-15-13-25(14-16-26)11-5-6-12-27-22(28)17-30-21-10-4-1-7-18(21)23(27)29/h1-4,7-10H,5-6,11-17H2. The highest BCUT2D eigenvalue weighted by Crippen LogP contribution is 2.23. The largest absolute Gasteiger partial charge is 0.483 e. The smallest absolute Gasteiger partial charge is 0.267 e. The van der Waals surface area contributed by atoms with Crippen molar-refractivity contribution < 1.29 is 18.7 Å². The van der Waals surface area contributed by atoms with Crippen LogP contribution in [0.5, 0.6) is 5.75 Å². The number of anilines is 1. The molecule has 0 bridgehead atoms. The highest BCUT2D eigenvalue weighted by molar-refractivity contribution is 6.07. The lowest BCUT2D eigenvalue weighted by Crippen LogP contribution is -2.47. The van der Waals surface area contributed by atoms with Gasteiger partial charge in [-0.1, -0.05) is 24.3 Å². The molecule has 0 aliphatic carbocycles.